The number of carbonyl (C=O) groups is 1. The van der Waals surface area contributed by atoms with Crippen LogP contribution in [0.1, 0.15) is 54.9 Å². The number of aromatic nitrogens is 1. The monoisotopic (exact) mass is 450 g/mol. The first kappa shape index (κ1) is 22.2. The molecule has 3 rings (SSSR count). The minimum Gasteiger partial charge on any atom is -0.495 e. The van der Waals surface area contributed by atoms with Crippen molar-refractivity contribution in [2.24, 2.45) is 11.3 Å². The summed E-state index contributed by atoms with van der Waals surface area (Å²) in [6.45, 7) is 4.56. The van der Waals surface area contributed by atoms with Gasteiger partial charge in [-0.2, -0.15) is 0 Å². The van der Waals surface area contributed by atoms with Gasteiger partial charge in [-0.15, -0.1) is 11.3 Å². The Kier molecular flexibility index (Phi) is 6.78. The van der Waals surface area contributed by atoms with Crippen LogP contribution in [0, 0.1) is 29.0 Å². The molecule has 1 atom stereocenters. The summed E-state index contributed by atoms with van der Waals surface area (Å²) in [6, 6.07) is 1.98. The van der Waals surface area contributed by atoms with Crippen LogP contribution in [0.25, 0.3) is 0 Å². The molecule has 160 valence electrons. The number of carboxylic acids is 1. The van der Waals surface area contributed by atoms with Crippen LogP contribution in [0.3, 0.4) is 0 Å². The minimum absolute atomic E-state index is 0.0672. The quantitative estimate of drug-likeness (QED) is 0.645. The summed E-state index contributed by atoms with van der Waals surface area (Å²) in [5.74, 6) is 4.40. The zero-order valence-corrected chi connectivity index (χ0v) is 18.6. The topological polar surface area (TPSA) is 88.5 Å². The third-order valence-electron chi connectivity index (χ3n) is 5.12. The summed E-state index contributed by atoms with van der Waals surface area (Å²) in [4.78, 5) is 15.4. The summed E-state index contributed by atoms with van der Waals surface area (Å²) >= 11 is 1.30. The fraction of sp³-hybridized carbons (Fsp3) is 0.429. The number of hydrogen-bond acceptors (Lipinski definition) is 5. The summed E-state index contributed by atoms with van der Waals surface area (Å²) in [7, 11) is -0.467. The first-order valence-electron chi connectivity index (χ1n) is 9.45. The highest BCUT2D eigenvalue weighted by atomic mass is 32.2. The Labute approximate surface area is 181 Å². The zero-order chi connectivity index (χ0) is 21.9. The van der Waals surface area contributed by atoms with Gasteiger partial charge in [0.25, 0.3) is 0 Å². The molecule has 0 aliphatic heterocycles. The second-order valence-corrected chi connectivity index (χ2v) is 9.92. The fourth-order valence-corrected chi connectivity index (χ4v) is 4.95. The number of hydrogen-bond donors (Lipinski definition) is 2. The molecule has 9 heteroatoms. The lowest BCUT2D eigenvalue weighted by Gasteiger charge is -2.32. The maximum absolute atomic E-state index is 14.0. The molecule has 0 saturated heterocycles. The highest BCUT2D eigenvalue weighted by molar-refractivity contribution is 7.86. The number of methoxy groups -OCH3 is 1. The standard InChI is InChI=1S/C21H23FN2O4S2/c1-21(2)8-6-13(7-9-21)4-5-18-23-19(12-29-18)30(27)24-16-11-15(22)14(20(25)26)10-17(16)28-3/h10-13,24H,6-9H2,1-3H3,(H,25,26). The Morgan fingerprint density at radius 3 is 2.73 bits per heavy atom. The van der Waals surface area contributed by atoms with Crippen molar-refractivity contribution in [3.63, 3.8) is 0 Å². The molecular formula is C21H23FN2O4S2. The van der Waals surface area contributed by atoms with E-state index in [0.717, 1.165) is 37.8 Å². The summed E-state index contributed by atoms with van der Waals surface area (Å²) in [5, 5.41) is 11.5. The van der Waals surface area contributed by atoms with E-state index in [1.807, 2.05) is 0 Å². The van der Waals surface area contributed by atoms with E-state index in [2.05, 4.69) is 35.4 Å². The number of carboxylic acid groups (broad SMARTS) is 1. The van der Waals surface area contributed by atoms with E-state index >= 15 is 0 Å². The summed E-state index contributed by atoms with van der Waals surface area (Å²) in [6.07, 6.45) is 4.46. The summed E-state index contributed by atoms with van der Waals surface area (Å²) < 4.78 is 34.3. The fourth-order valence-electron chi connectivity index (χ4n) is 3.23. The number of ether oxygens (including phenoxy) is 1. The molecule has 1 fully saturated rings. The van der Waals surface area contributed by atoms with Crippen LogP contribution in [-0.4, -0.2) is 27.4 Å². The van der Waals surface area contributed by atoms with Crippen LogP contribution in [0.5, 0.6) is 5.75 Å². The van der Waals surface area contributed by atoms with Gasteiger partial charge in [0.05, 0.1) is 18.4 Å². The second-order valence-electron chi connectivity index (χ2n) is 7.91. The first-order chi connectivity index (χ1) is 14.2. The molecule has 0 spiro atoms. The van der Waals surface area contributed by atoms with E-state index in [4.69, 9.17) is 9.84 Å². The molecule has 1 aromatic heterocycles. The van der Waals surface area contributed by atoms with E-state index < -0.39 is 28.3 Å². The van der Waals surface area contributed by atoms with Gasteiger partial charge in [-0.05, 0) is 43.1 Å². The van der Waals surface area contributed by atoms with E-state index in [9.17, 15) is 13.4 Å². The van der Waals surface area contributed by atoms with Gasteiger partial charge in [0.15, 0.2) is 21.0 Å². The van der Waals surface area contributed by atoms with E-state index in [0.29, 0.717) is 16.3 Å². The molecule has 0 bridgehead atoms. The van der Waals surface area contributed by atoms with Gasteiger partial charge < -0.3 is 9.84 Å². The van der Waals surface area contributed by atoms with Crippen molar-refractivity contribution < 1.29 is 23.2 Å². The summed E-state index contributed by atoms with van der Waals surface area (Å²) in [5.41, 5.74) is -0.0672. The molecule has 1 aromatic carbocycles. The lowest BCUT2D eigenvalue weighted by Crippen LogP contribution is -2.20. The average Bonchev–Trinajstić information content (AvgIpc) is 3.16. The van der Waals surface area contributed by atoms with Gasteiger partial charge in [-0.1, -0.05) is 19.8 Å². The van der Waals surface area contributed by atoms with Crippen LogP contribution in [0.15, 0.2) is 22.5 Å². The zero-order valence-electron chi connectivity index (χ0n) is 17.0. The van der Waals surface area contributed by atoms with E-state index in [1.165, 1.54) is 18.4 Å². The lowest BCUT2D eigenvalue weighted by atomic mass is 9.73. The molecule has 0 radical (unpaired) electrons. The van der Waals surface area contributed by atoms with Gasteiger partial charge in [0.1, 0.15) is 11.6 Å². The highest BCUT2D eigenvalue weighted by Gasteiger charge is 2.25. The molecule has 6 nitrogen and oxygen atoms in total. The van der Waals surface area contributed by atoms with E-state index in [1.54, 1.807) is 5.38 Å². The maximum atomic E-state index is 14.0. The Balaban J connectivity index is 1.70. The number of thiazole rings is 1. The van der Waals surface area contributed by atoms with E-state index in [-0.39, 0.29) is 16.5 Å². The Bertz CT molecular complexity index is 1030. The van der Waals surface area contributed by atoms with Crippen LogP contribution in [0.4, 0.5) is 10.1 Å². The molecule has 1 unspecified atom stereocenters. The molecule has 1 saturated carbocycles. The third-order valence-corrected chi connectivity index (χ3v) is 7.02. The van der Waals surface area contributed by atoms with Gasteiger partial charge in [-0.25, -0.2) is 18.4 Å². The van der Waals surface area contributed by atoms with Crippen LogP contribution < -0.4 is 9.46 Å². The normalized spacial score (nSPS) is 16.9. The Hall–Kier alpha value is -2.44. The van der Waals surface area contributed by atoms with Crippen molar-refractivity contribution in [1.29, 1.82) is 0 Å². The predicted molar refractivity (Wildman–Crippen MR) is 115 cm³/mol. The van der Waals surface area contributed by atoms with Crippen molar-refractivity contribution in [3.05, 3.63) is 33.9 Å². The Morgan fingerprint density at radius 1 is 1.40 bits per heavy atom. The molecule has 1 aliphatic carbocycles. The van der Waals surface area contributed by atoms with Crippen molar-refractivity contribution >= 4 is 34.0 Å². The average molecular weight is 451 g/mol. The van der Waals surface area contributed by atoms with Gasteiger partial charge in [0.2, 0.25) is 0 Å². The van der Waals surface area contributed by atoms with Gasteiger partial charge >= 0.3 is 5.97 Å². The molecule has 2 N–H and O–H groups in total. The molecule has 1 heterocycles. The van der Waals surface area contributed by atoms with Crippen molar-refractivity contribution in [3.8, 4) is 17.6 Å². The van der Waals surface area contributed by atoms with Crippen molar-refractivity contribution in [2.75, 3.05) is 11.8 Å². The van der Waals surface area contributed by atoms with Crippen LogP contribution in [-0.2, 0) is 11.0 Å². The number of nitrogens with one attached hydrogen (secondary N) is 1. The van der Waals surface area contributed by atoms with Crippen LogP contribution in [0.2, 0.25) is 0 Å². The number of benzene rings is 1. The SMILES string of the molecule is COc1cc(C(=O)O)c(F)cc1NS(=O)c1csc(C#CC2CCC(C)(C)CC2)n1. The third kappa shape index (κ3) is 5.37. The highest BCUT2D eigenvalue weighted by Crippen LogP contribution is 2.37. The van der Waals surface area contributed by atoms with Crippen molar-refractivity contribution in [2.45, 2.75) is 44.6 Å². The number of rotatable bonds is 5. The van der Waals surface area contributed by atoms with Crippen molar-refractivity contribution in [1.82, 2.24) is 4.98 Å². The largest absolute Gasteiger partial charge is 0.495 e. The molecule has 2 aromatic rings. The molecule has 0 amide bonds. The lowest BCUT2D eigenvalue weighted by molar-refractivity contribution is 0.0691. The molecule has 1 aliphatic rings. The van der Waals surface area contributed by atoms with Gasteiger partial charge in [0, 0.05) is 17.4 Å². The number of anilines is 1. The first-order valence-corrected chi connectivity index (χ1v) is 11.5. The number of aromatic carboxylic acids is 1. The number of nitrogens with zero attached hydrogens (tertiary/aromatic N) is 1. The second kappa shape index (κ2) is 9.14. The van der Waals surface area contributed by atoms with Gasteiger partial charge in [-0.3, -0.25) is 4.72 Å². The molecule has 30 heavy (non-hydrogen) atoms. The Morgan fingerprint density at radius 2 is 2.10 bits per heavy atom. The number of halogens is 1. The minimum atomic E-state index is -1.78. The maximum Gasteiger partial charge on any atom is 0.338 e. The predicted octanol–water partition coefficient (Wildman–Crippen LogP) is 4.69. The van der Waals surface area contributed by atoms with Crippen LogP contribution >= 0.6 is 11.3 Å². The smallest absolute Gasteiger partial charge is 0.338 e. The molecular weight excluding hydrogens is 427 g/mol.